The zero-order valence-electron chi connectivity index (χ0n) is 32.9. The Kier molecular flexibility index (Phi) is 7.81. The number of hydrogen-bond donors (Lipinski definition) is 0. The zero-order valence-corrected chi connectivity index (χ0v) is 32.9. The van der Waals surface area contributed by atoms with Crippen molar-refractivity contribution in [2.24, 2.45) is 0 Å². The number of aryl methyl sites for hydroxylation is 1. The maximum Gasteiger partial charge on any atom is 0.114 e. The molecule has 58 heavy (non-hydrogen) atoms. The second-order valence-electron chi connectivity index (χ2n) is 16.1. The third-order valence-corrected chi connectivity index (χ3v) is 12.3. The quantitative estimate of drug-likeness (QED) is 0.159. The molecule has 0 bridgehead atoms. The summed E-state index contributed by atoms with van der Waals surface area (Å²) in [6, 6.07) is 66.3. The molecule has 1 aliphatic carbocycles. The topological polar surface area (TPSA) is 30.7 Å². The summed E-state index contributed by atoms with van der Waals surface area (Å²) in [6.45, 7) is 6.89. The minimum atomic E-state index is -0.101. The average Bonchev–Trinajstić information content (AvgIpc) is 3.78. The molecular weight excluding hydrogens is 703 g/mol. The molecule has 1 aliphatic rings. The van der Waals surface area contributed by atoms with Gasteiger partial charge in [-0.1, -0.05) is 148 Å². The molecule has 0 saturated carbocycles. The van der Waals surface area contributed by atoms with E-state index in [0.717, 1.165) is 62.6 Å². The highest BCUT2D eigenvalue weighted by atomic mass is 15.1. The van der Waals surface area contributed by atoms with Gasteiger partial charge < -0.3 is 0 Å². The van der Waals surface area contributed by atoms with Crippen molar-refractivity contribution in [3.63, 3.8) is 0 Å². The summed E-state index contributed by atoms with van der Waals surface area (Å²) in [5.41, 5.74) is 17.1. The second-order valence-corrected chi connectivity index (χ2v) is 16.1. The van der Waals surface area contributed by atoms with Gasteiger partial charge in [-0.2, -0.15) is 0 Å². The molecule has 3 nitrogen and oxygen atoms in total. The molecule has 11 rings (SSSR count). The van der Waals surface area contributed by atoms with E-state index in [-0.39, 0.29) is 5.41 Å². The van der Waals surface area contributed by atoms with Crippen molar-refractivity contribution in [1.29, 1.82) is 0 Å². The van der Waals surface area contributed by atoms with E-state index in [1.165, 1.54) is 54.9 Å². The molecule has 0 spiro atoms. The Hall–Kier alpha value is -7.10. The van der Waals surface area contributed by atoms with Crippen LogP contribution in [0.25, 0.3) is 94.2 Å². The van der Waals surface area contributed by atoms with Crippen LogP contribution >= 0.6 is 0 Å². The number of hydrogen-bond acceptors (Lipinski definition) is 2. The summed E-state index contributed by atoms with van der Waals surface area (Å²) in [7, 11) is 0. The minimum absolute atomic E-state index is 0.101. The predicted molar refractivity (Wildman–Crippen MR) is 243 cm³/mol. The van der Waals surface area contributed by atoms with Gasteiger partial charge in [0.15, 0.2) is 0 Å². The SMILES string of the molecule is CCc1nc2ccccc2n1-c1cc(-c2cc(-c3ccc4c(c3)C(C)(C)c3ccccc3-4)cc(-c3ccccc3)n2)cc(-c2cc3ccccc3c3ccccc23)c1. The van der Waals surface area contributed by atoms with Crippen LogP contribution < -0.4 is 0 Å². The molecule has 3 heteroatoms. The fourth-order valence-corrected chi connectivity index (χ4v) is 9.42. The molecule has 0 atom stereocenters. The first kappa shape index (κ1) is 34.2. The minimum Gasteiger partial charge on any atom is -0.296 e. The lowest BCUT2D eigenvalue weighted by Gasteiger charge is -2.22. The molecule has 0 fully saturated rings. The van der Waals surface area contributed by atoms with Crippen molar-refractivity contribution in [3.8, 4) is 61.6 Å². The van der Waals surface area contributed by atoms with Gasteiger partial charge >= 0.3 is 0 Å². The van der Waals surface area contributed by atoms with Gasteiger partial charge in [-0.3, -0.25) is 4.57 Å². The monoisotopic (exact) mass is 743 g/mol. The van der Waals surface area contributed by atoms with Gasteiger partial charge in [-0.05, 0) is 121 Å². The van der Waals surface area contributed by atoms with Crippen molar-refractivity contribution in [2.75, 3.05) is 0 Å². The summed E-state index contributed by atoms with van der Waals surface area (Å²) in [5.74, 6) is 1.03. The van der Waals surface area contributed by atoms with Crippen LogP contribution in [0.3, 0.4) is 0 Å². The molecule has 0 N–H and O–H groups in total. The third kappa shape index (κ3) is 5.42. The van der Waals surface area contributed by atoms with E-state index in [4.69, 9.17) is 9.97 Å². The van der Waals surface area contributed by atoms with Gasteiger partial charge in [0.05, 0.1) is 22.4 Å². The number of nitrogens with zero attached hydrogens (tertiary/aromatic N) is 3. The van der Waals surface area contributed by atoms with Crippen molar-refractivity contribution >= 4 is 32.6 Å². The number of rotatable bonds is 6. The number of para-hydroxylation sites is 2. The van der Waals surface area contributed by atoms with E-state index in [1.807, 2.05) is 0 Å². The molecule has 0 aliphatic heterocycles. The van der Waals surface area contributed by atoms with E-state index in [2.05, 4.69) is 207 Å². The number of imidazole rings is 1. The predicted octanol–water partition coefficient (Wildman–Crippen LogP) is 14.3. The Morgan fingerprint density at radius 2 is 1.12 bits per heavy atom. The number of benzene rings is 8. The van der Waals surface area contributed by atoms with Gasteiger partial charge in [-0.25, -0.2) is 9.97 Å². The fraction of sp³-hybridized carbons (Fsp3) is 0.0909. The Morgan fingerprint density at radius 1 is 0.448 bits per heavy atom. The average molecular weight is 744 g/mol. The second kappa shape index (κ2) is 13.2. The molecule has 8 aromatic carbocycles. The van der Waals surface area contributed by atoms with Crippen LogP contribution in [-0.2, 0) is 11.8 Å². The number of fused-ring (bicyclic) bond motifs is 7. The van der Waals surface area contributed by atoms with E-state index < -0.39 is 0 Å². The molecule has 0 amide bonds. The lowest BCUT2D eigenvalue weighted by Crippen LogP contribution is -2.14. The first-order valence-electron chi connectivity index (χ1n) is 20.3. The van der Waals surface area contributed by atoms with Crippen LogP contribution in [0.15, 0.2) is 182 Å². The fourth-order valence-electron chi connectivity index (χ4n) is 9.42. The van der Waals surface area contributed by atoms with Crippen LogP contribution in [-0.4, -0.2) is 14.5 Å². The maximum atomic E-state index is 5.48. The normalized spacial score (nSPS) is 12.9. The smallest absolute Gasteiger partial charge is 0.114 e. The van der Waals surface area contributed by atoms with Gasteiger partial charge in [0.1, 0.15) is 5.82 Å². The Labute approximate surface area is 338 Å². The Bertz CT molecular complexity index is 3240. The van der Waals surface area contributed by atoms with Crippen molar-refractivity contribution in [3.05, 3.63) is 199 Å². The standard InChI is InChI=1S/C55H41N3/c1-4-54-57-50-24-14-15-25-53(50)58(54)41-29-39(47-31-37-18-8-9-19-42(37)43-20-10-11-21-44(43)47)28-40(30-41)52-34-38(33-51(56-52)35-16-6-5-7-17-35)36-26-27-46-45-22-12-13-23-48(45)55(2,3)49(46)32-36/h5-34H,4H2,1-3H3. The largest absolute Gasteiger partial charge is 0.296 e. The van der Waals surface area contributed by atoms with Gasteiger partial charge in [0.25, 0.3) is 0 Å². The van der Waals surface area contributed by atoms with E-state index in [1.54, 1.807) is 0 Å². The molecule has 10 aromatic rings. The van der Waals surface area contributed by atoms with E-state index >= 15 is 0 Å². The van der Waals surface area contributed by atoms with E-state index in [0.29, 0.717) is 0 Å². The van der Waals surface area contributed by atoms with Crippen LogP contribution in [0.1, 0.15) is 37.7 Å². The van der Waals surface area contributed by atoms with Gasteiger partial charge in [0.2, 0.25) is 0 Å². The van der Waals surface area contributed by atoms with Crippen LogP contribution in [0, 0.1) is 0 Å². The van der Waals surface area contributed by atoms with Crippen molar-refractivity contribution in [1.82, 2.24) is 14.5 Å². The maximum absolute atomic E-state index is 5.48. The summed E-state index contributed by atoms with van der Waals surface area (Å²) < 4.78 is 2.34. The number of aromatic nitrogens is 3. The van der Waals surface area contributed by atoms with Crippen molar-refractivity contribution < 1.29 is 0 Å². The summed E-state index contributed by atoms with van der Waals surface area (Å²) in [5, 5.41) is 4.95. The summed E-state index contributed by atoms with van der Waals surface area (Å²) in [4.78, 5) is 10.6. The molecular formula is C55H41N3. The molecule has 2 aromatic heterocycles. The summed E-state index contributed by atoms with van der Waals surface area (Å²) >= 11 is 0. The van der Waals surface area contributed by atoms with Gasteiger partial charge in [-0.15, -0.1) is 0 Å². The van der Waals surface area contributed by atoms with Gasteiger partial charge in [0, 0.05) is 28.7 Å². The highest BCUT2D eigenvalue weighted by molar-refractivity contribution is 6.14. The lowest BCUT2D eigenvalue weighted by molar-refractivity contribution is 0.660. The molecule has 276 valence electrons. The number of pyridine rings is 1. The van der Waals surface area contributed by atoms with E-state index in [9.17, 15) is 0 Å². The van der Waals surface area contributed by atoms with Crippen molar-refractivity contribution in [2.45, 2.75) is 32.6 Å². The molecule has 0 radical (unpaired) electrons. The highest BCUT2D eigenvalue weighted by Crippen LogP contribution is 2.50. The zero-order chi connectivity index (χ0) is 39.0. The highest BCUT2D eigenvalue weighted by Gasteiger charge is 2.35. The molecule has 0 saturated heterocycles. The van der Waals surface area contributed by atoms with Crippen LogP contribution in [0.2, 0.25) is 0 Å². The Morgan fingerprint density at radius 3 is 1.97 bits per heavy atom. The lowest BCUT2D eigenvalue weighted by atomic mass is 9.81. The first-order chi connectivity index (χ1) is 28.4. The summed E-state index contributed by atoms with van der Waals surface area (Å²) in [6.07, 6.45) is 0.803. The Balaban J connectivity index is 1.18. The molecule has 2 heterocycles. The third-order valence-electron chi connectivity index (χ3n) is 12.3. The van der Waals surface area contributed by atoms with Crippen LogP contribution in [0.5, 0.6) is 0 Å². The first-order valence-corrected chi connectivity index (χ1v) is 20.3. The van der Waals surface area contributed by atoms with Crippen LogP contribution in [0.4, 0.5) is 0 Å². The molecule has 0 unspecified atom stereocenters.